The predicted octanol–water partition coefficient (Wildman–Crippen LogP) is 1.36. The molecule has 1 aromatic heterocycles. The SMILES string of the molecule is COC(CN)c1nc2c(F)cccc2n1C. The molecule has 2 N–H and O–H groups in total. The number of aromatic nitrogens is 2. The summed E-state index contributed by atoms with van der Waals surface area (Å²) in [7, 11) is 3.39. The number of fused-ring (bicyclic) bond motifs is 1. The smallest absolute Gasteiger partial charge is 0.151 e. The summed E-state index contributed by atoms with van der Waals surface area (Å²) in [6, 6.07) is 4.87. The molecule has 2 rings (SSSR count). The van der Waals surface area contributed by atoms with Crippen molar-refractivity contribution in [1.82, 2.24) is 9.55 Å². The molecule has 0 amide bonds. The van der Waals surface area contributed by atoms with Crippen LogP contribution in [-0.4, -0.2) is 23.2 Å². The summed E-state index contributed by atoms with van der Waals surface area (Å²) < 4.78 is 20.5. The Morgan fingerprint density at radius 3 is 2.88 bits per heavy atom. The number of hydrogen-bond acceptors (Lipinski definition) is 3. The zero-order valence-electron chi connectivity index (χ0n) is 9.27. The van der Waals surface area contributed by atoms with Crippen molar-refractivity contribution < 1.29 is 9.13 Å². The monoisotopic (exact) mass is 223 g/mol. The van der Waals surface area contributed by atoms with Crippen LogP contribution in [0.3, 0.4) is 0 Å². The zero-order valence-corrected chi connectivity index (χ0v) is 9.27. The van der Waals surface area contributed by atoms with Crippen LogP contribution in [0.2, 0.25) is 0 Å². The Hall–Kier alpha value is -1.46. The van der Waals surface area contributed by atoms with Gasteiger partial charge in [-0.3, -0.25) is 0 Å². The highest BCUT2D eigenvalue weighted by Crippen LogP contribution is 2.22. The molecule has 0 fully saturated rings. The summed E-state index contributed by atoms with van der Waals surface area (Å²) in [6.45, 7) is 0.315. The van der Waals surface area contributed by atoms with Crippen molar-refractivity contribution in [2.24, 2.45) is 12.8 Å². The van der Waals surface area contributed by atoms with Gasteiger partial charge in [-0.05, 0) is 12.1 Å². The van der Waals surface area contributed by atoms with Crippen LogP contribution in [0.5, 0.6) is 0 Å². The maximum Gasteiger partial charge on any atom is 0.151 e. The molecule has 1 heterocycles. The molecule has 1 unspecified atom stereocenters. The van der Waals surface area contributed by atoms with Crippen molar-refractivity contribution in [1.29, 1.82) is 0 Å². The van der Waals surface area contributed by atoms with Gasteiger partial charge < -0.3 is 15.0 Å². The molecule has 0 saturated carbocycles. The molecule has 0 aliphatic rings. The molecule has 0 bridgehead atoms. The molecular weight excluding hydrogens is 209 g/mol. The van der Waals surface area contributed by atoms with Crippen molar-refractivity contribution in [3.8, 4) is 0 Å². The number of nitrogens with zero attached hydrogens (tertiary/aromatic N) is 2. The third-order valence-electron chi connectivity index (χ3n) is 2.68. The van der Waals surface area contributed by atoms with Gasteiger partial charge in [0.15, 0.2) is 5.82 Å². The second kappa shape index (κ2) is 4.19. The first-order valence-electron chi connectivity index (χ1n) is 5.02. The normalized spacial score (nSPS) is 13.2. The van der Waals surface area contributed by atoms with Crippen LogP contribution in [0.4, 0.5) is 4.39 Å². The highest BCUT2D eigenvalue weighted by molar-refractivity contribution is 5.76. The highest BCUT2D eigenvalue weighted by Gasteiger charge is 2.18. The number of benzene rings is 1. The number of imidazole rings is 1. The minimum Gasteiger partial charge on any atom is -0.372 e. The second-order valence-electron chi connectivity index (χ2n) is 3.60. The highest BCUT2D eigenvalue weighted by atomic mass is 19.1. The Kier molecular flexibility index (Phi) is 2.89. The van der Waals surface area contributed by atoms with Crippen molar-refractivity contribution in [3.05, 3.63) is 29.8 Å². The van der Waals surface area contributed by atoms with Crippen molar-refractivity contribution in [2.45, 2.75) is 6.10 Å². The summed E-state index contributed by atoms with van der Waals surface area (Å²) in [6.07, 6.45) is -0.309. The Morgan fingerprint density at radius 1 is 1.56 bits per heavy atom. The predicted molar refractivity (Wildman–Crippen MR) is 59.5 cm³/mol. The van der Waals surface area contributed by atoms with E-state index in [-0.39, 0.29) is 11.9 Å². The lowest BCUT2D eigenvalue weighted by atomic mass is 10.3. The minimum absolute atomic E-state index is 0.309. The van der Waals surface area contributed by atoms with Gasteiger partial charge in [0.25, 0.3) is 0 Å². The topological polar surface area (TPSA) is 53.1 Å². The van der Waals surface area contributed by atoms with Crippen LogP contribution in [0.15, 0.2) is 18.2 Å². The van der Waals surface area contributed by atoms with Gasteiger partial charge in [-0.1, -0.05) is 6.07 Å². The van der Waals surface area contributed by atoms with Crippen LogP contribution in [0, 0.1) is 5.82 Å². The van der Waals surface area contributed by atoms with Crippen molar-refractivity contribution in [3.63, 3.8) is 0 Å². The van der Waals surface area contributed by atoms with E-state index in [0.29, 0.717) is 17.9 Å². The summed E-state index contributed by atoms with van der Waals surface area (Å²) in [5.41, 5.74) is 6.67. The lowest BCUT2D eigenvalue weighted by Crippen LogP contribution is -2.17. The summed E-state index contributed by atoms with van der Waals surface area (Å²) in [5, 5.41) is 0. The Labute approximate surface area is 92.8 Å². The van der Waals surface area contributed by atoms with E-state index in [2.05, 4.69) is 4.98 Å². The maximum atomic E-state index is 13.5. The average molecular weight is 223 g/mol. The van der Waals surface area contributed by atoms with Gasteiger partial charge in [0.2, 0.25) is 0 Å². The third-order valence-corrected chi connectivity index (χ3v) is 2.68. The fraction of sp³-hybridized carbons (Fsp3) is 0.364. The van der Waals surface area contributed by atoms with Gasteiger partial charge >= 0.3 is 0 Å². The van der Waals surface area contributed by atoms with E-state index < -0.39 is 0 Å². The molecule has 1 aromatic carbocycles. The first-order valence-corrected chi connectivity index (χ1v) is 5.02. The number of aryl methyl sites for hydroxylation is 1. The lowest BCUT2D eigenvalue weighted by molar-refractivity contribution is 0.101. The fourth-order valence-electron chi connectivity index (χ4n) is 1.79. The molecular formula is C11H14FN3O. The van der Waals surface area contributed by atoms with Crippen LogP contribution in [0.1, 0.15) is 11.9 Å². The van der Waals surface area contributed by atoms with Crippen molar-refractivity contribution >= 4 is 11.0 Å². The van der Waals surface area contributed by atoms with E-state index in [9.17, 15) is 4.39 Å². The molecule has 0 radical (unpaired) electrons. The second-order valence-corrected chi connectivity index (χ2v) is 3.60. The van der Waals surface area contributed by atoms with Gasteiger partial charge in [0.1, 0.15) is 17.4 Å². The van der Waals surface area contributed by atoms with Crippen LogP contribution < -0.4 is 5.73 Å². The molecule has 5 heteroatoms. The Bertz CT molecular complexity index is 505. The van der Waals surface area contributed by atoms with E-state index in [1.165, 1.54) is 6.07 Å². The quantitative estimate of drug-likeness (QED) is 0.854. The van der Waals surface area contributed by atoms with Crippen LogP contribution in [0.25, 0.3) is 11.0 Å². The van der Waals surface area contributed by atoms with Crippen molar-refractivity contribution in [2.75, 3.05) is 13.7 Å². The molecule has 16 heavy (non-hydrogen) atoms. The van der Waals surface area contributed by atoms with Gasteiger partial charge in [-0.15, -0.1) is 0 Å². The molecule has 0 spiro atoms. The third kappa shape index (κ3) is 1.58. The number of nitrogens with two attached hydrogens (primary N) is 1. The lowest BCUT2D eigenvalue weighted by Gasteiger charge is -2.12. The van der Waals surface area contributed by atoms with Crippen LogP contribution >= 0.6 is 0 Å². The number of hydrogen-bond donors (Lipinski definition) is 1. The van der Waals surface area contributed by atoms with E-state index in [1.54, 1.807) is 17.7 Å². The largest absolute Gasteiger partial charge is 0.372 e. The van der Waals surface area contributed by atoms with Gasteiger partial charge in [0.05, 0.1) is 5.52 Å². The molecule has 1 atom stereocenters. The average Bonchev–Trinajstić information content (AvgIpc) is 2.61. The number of rotatable bonds is 3. The van der Waals surface area contributed by atoms with Crippen LogP contribution in [-0.2, 0) is 11.8 Å². The number of halogens is 1. The molecule has 0 aliphatic heterocycles. The Morgan fingerprint density at radius 2 is 2.31 bits per heavy atom. The van der Waals surface area contributed by atoms with Gasteiger partial charge in [-0.2, -0.15) is 0 Å². The maximum absolute atomic E-state index is 13.5. The minimum atomic E-state index is -0.328. The van der Waals surface area contributed by atoms with E-state index >= 15 is 0 Å². The molecule has 0 saturated heterocycles. The van der Waals surface area contributed by atoms with E-state index in [1.807, 2.05) is 13.1 Å². The molecule has 86 valence electrons. The zero-order chi connectivity index (χ0) is 11.7. The summed E-state index contributed by atoms with van der Waals surface area (Å²) >= 11 is 0. The summed E-state index contributed by atoms with van der Waals surface area (Å²) in [5.74, 6) is 0.316. The fourth-order valence-corrected chi connectivity index (χ4v) is 1.79. The molecule has 0 aliphatic carbocycles. The van der Waals surface area contributed by atoms with E-state index in [4.69, 9.17) is 10.5 Å². The first-order chi connectivity index (χ1) is 7.69. The first kappa shape index (κ1) is 11.0. The van der Waals surface area contributed by atoms with Gasteiger partial charge in [0, 0.05) is 20.7 Å². The standard InChI is InChI=1S/C11H14FN3O/c1-15-8-5-3-4-7(12)10(8)14-11(15)9(6-13)16-2/h3-5,9H,6,13H2,1-2H3. The van der Waals surface area contributed by atoms with E-state index in [0.717, 1.165) is 5.52 Å². The Balaban J connectivity index is 2.64. The number of methoxy groups -OCH3 is 1. The van der Waals surface area contributed by atoms with Gasteiger partial charge in [-0.25, -0.2) is 9.37 Å². The number of ether oxygens (including phenoxy) is 1. The number of para-hydroxylation sites is 1. The molecule has 4 nitrogen and oxygen atoms in total. The summed E-state index contributed by atoms with van der Waals surface area (Å²) in [4.78, 5) is 4.24. The molecule has 2 aromatic rings.